The summed E-state index contributed by atoms with van der Waals surface area (Å²) >= 11 is 5.93. The molecule has 18 heavy (non-hydrogen) atoms. The molecular weight excluding hydrogens is 252 g/mol. The summed E-state index contributed by atoms with van der Waals surface area (Å²) < 4.78 is 0. The number of benzene rings is 1. The second-order valence-corrected chi connectivity index (χ2v) is 3.72. The van der Waals surface area contributed by atoms with E-state index in [0.717, 1.165) is 5.56 Å². The maximum absolute atomic E-state index is 11.6. The molecule has 0 atom stereocenters. The summed E-state index contributed by atoms with van der Waals surface area (Å²) in [6, 6.07) is 7.18. The van der Waals surface area contributed by atoms with Crippen LogP contribution < -0.4 is 5.43 Å². The van der Waals surface area contributed by atoms with Crippen molar-refractivity contribution in [3.63, 3.8) is 0 Å². The van der Waals surface area contributed by atoms with Crippen molar-refractivity contribution >= 4 is 23.7 Å². The maximum Gasteiger partial charge on any atom is 0.291 e. The van der Waals surface area contributed by atoms with E-state index in [4.69, 9.17) is 11.6 Å². The lowest BCUT2D eigenvalue weighted by molar-refractivity contribution is 0.0950. The van der Waals surface area contributed by atoms with Crippen molar-refractivity contribution in [3.05, 3.63) is 59.1 Å². The fourth-order valence-electron chi connectivity index (χ4n) is 1.21. The van der Waals surface area contributed by atoms with Crippen molar-refractivity contribution in [2.45, 2.75) is 0 Å². The molecule has 1 aromatic heterocycles. The largest absolute Gasteiger partial charge is 0.291 e. The van der Waals surface area contributed by atoms with Gasteiger partial charge < -0.3 is 0 Å². The predicted molar refractivity (Wildman–Crippen MR) is 68.5 cm³/mol. The van der Waals surface area contributed by atoms with E-state index < -0.39 is 5.91 Å². The summed E-state index contributed by atoms with van der Waals surface area (Å²) in [6.07, 6.45) is 5.76. The molecule has 0 aliphatic carbocycles. The Hall–Kier alpha value is -2.27. The van der Waals surface area contributed by atoms with Crippen LogP contribution in [-0.2, 0) is 0 Å². The normalized spacial score (nSPS) is 10.5. The zero-order chi connectivity index (χ0) is 12.8. The minimum Gasteiger partial charge on any atom is -0.265 e. The highest BCUT2D eigenvalue weighted by Crippen LogP contribution is 2.11. The SMILES string of the molecule is O=C(N/N=C\c1ccccc1Cl)c1cnccn1. The molecule has 1 amide bonds. The van der Waals surface area contributed by atoms with E-state index in [2.05, 4.69) is 20.5 Å². The molecule has 0 radical (unpaired) electrons. The Balaban J connectivity index is 2.00. The number of halogens is 1. The summed E-state index contributed by atoms with van der Waals surface area (Å²) in [5, 5.41) is 4.37. The molecule has 6 heteroatoms. The molecule has 0 unspecified atom stereocenters. The van der Waals surface area contributed by atoms with Gasteiger partial charge in [0.2, 0.25) is 0 Å². The number of nitrogens with one attached hydrogen (secondary N) is 1. The summed E-state index contributed by atoms with van der Waals surface area (Å²) in [7, 11) is 0. The Kier molecular flexibility index (Phi) is 3.98. The van der Waals surface area contributed by atoms with Gasteiger partial charge in [-0.25, -0.2) is 10.4 Å². The molecule has 1 heterocycles. The molecule has 0 saturated carbocycles. The average molecular weight is 261 g/mol. The first-order chi connectivity index (χ1) is 8.77. The molecule has 5 nitrogen and oxygen atoms in total. The lowest BCUT2D eigenvalue weighted by Gasteiger charge is -1.98. The van der Waals surface area contributed by atoms with Gasteiger partial charge >= 0.3 is 0 Å². The second kappa shape index (κ2) is 5.88. The Labute approximate surface area is 109 Å². The van der Waals surface area contributed by atoms with Crippen LogP contribution in [0.2, 0.25) is 5.02 Å². The van der Waals surface area contributed by atoms with E-state index in [9.17, 15) is 4.79 Å². The quantitative estimate of drug-likeness (QED) is 0.677. The molecule has 90 valence electrons. The molecule has 0 aliphatic heterocycles. The van der Waals surface area contributed by atoms with Crippen LogP contribution in [-0.4, -0.2) is 22.1 Å². The van der Waals surface area contributed by atoms with Gasteiger partial charge in [0.1, 0.15) is 5.69 Å². The van der Waals surface area contributed by atoms with Crippen LogP contribution in [0.15, 0.2) is 48.0 Å². The van der Waals surface area contributed by atoms with Gasteiger partial charge in [0.15, 0.2) is 0 Å². The zero-order valence-electron chi connectivity index (χ0n) is 9.25. The molecule has 1 N–H and O–H groups in total. The van der Waals surface area contributed by atoms with Gasteiger partial charge in [0.25, 0.3) is 5.91 Å². The van der Waals surface area contributed by atoms with Gasteiger partial charge in [0.05, 0.1) is 12.4 Å². The fraction of sp³-hybridized carbons (Fsp3) is 0. The molecule has 1 aromatic carbocycles. The monoisotopic (exact) mass is 260 g/mol. The summed E-state index contributed by atoms with van der Waals surface area (Å²) in [6.45, 7) is 0. The van der Waals surface area contributed by atoms with Gasteiger partial charge in [-0.3, -0.25) is 9.78 Å². The van der Waals surface area contributed by atoms with E-state index in [1.54, 1.807) is 12.1 Å². The van der Waals surface area contributed by atoms with E-state index in [1.165, 1.54) is 24.8 Å². The van der Waals surface area contributed by atoms with Crippen LogP contribution in [0.3, 0.4) is 0 Å². The Bertz CT molecular complexity index is 571. The second-order valence-electron chi connectivity index (χ2n) is 3.31. The number of carbonyl (C=O) groups is 1. The number of carbonyl (C=O) groups excluding carboxylic acids is 1. The number of hydrazone groups is 1. The van der Waals surface area contributed by atoms with Crippen molar-refractivity contribution < 1.29 is 4.79 Å². The maximum atomic E-state index is 11.6. The van der Waals surface area contributed by atoms with Crippen LogP contribution in [0.1, 0.15) is 16.1 Å². The molecule has 0 saturated heterocycles. The molecule has 0 aliphatic rings. The number of hydrogen-bond acceptors (Lipinski definition) is 4. The van der Waals surface area contributed by atoms with E-state index >= 15 is 0 Å². The van der Waals surface area contributed by atoms with E-state index in [0.29, 0.717) is 5.02 Å². The third kappa shape index (κ3) is 3.11. The van der Waals surface area contributed by atoms with E-state index in [1.807, 2.05) is 12.1 Å². The Morgan fingerprint density at radius 2 is 2.17 bits per heavy atom. The highest BCUT2D eigenvalue weighted by molar-refractivity contribution is 6.33. The summed E-state index contributed by atoms with van der Waals surface area (Å²) in [5.74, 6) is -0.425. The first-order valence-corrected chi connectivity index (χ1v) is 5.49. The van der Waals surface area contributed by atoms with Crippen molar-refractivity contribution in [2.75, 3.05) is 0 Å². The van der Waals surface area contributed by atoms with Crippen molar-refractivity contribution in [1.29, 1.82) is 0 Å². The van der Waals surface area contributed by atoms with Crippen LogP contribution in [0, 0.1) is 0 Å². The van der Waals surface area contributed by atoms with Crippen LogP contribution in [0.25, 0.3) is 0 Å². The Morgan fingerprint density at radius 1 is 1.33 bits per heavy atom. The molecule has 2 rings (SSSR count). The first kappa shape index (κ1) is 12.2. The molecule has 0 spiro atoms. The number of rotatable bonds is 3. The van der Waals surface area contributed by atoms with Crippen molar-refractivity contribution in [1.82, 2.24) is 15.4 Å². The summed E-state index contributed by atoms with van der Waals surface area (Å²) in [4.78, 5) is 19.2. The van der Waals surface area contributed by atoms with Crippen LogP contribution in [0.4, 0.5) is 0 Å². The van der Waals surface area contributed by atoms with E-state index in [-0.39, 0.29) is 5.69 Å². The number of amides is 1. The van der Waals surface area contributed by atoms with Crippen LogP contribution in [0.5, 0.6) is 0 Å². The predicted octanol–water partition coefficient (Wildman–Crippen LogP) is 1.89. The lowest BCUT2D eigenvalue weighted by Crippen LogP contribution is -2.19. The standard InChI is InChI=1S/C12H9ClN4O/c13-10-4-2-1-3-9(10)7-16-17-12(18)11-8-14-5-6-15-11/h1-8H,(H,17,18)/b16-7-. The zero-order valence-corrected chi connectivity index (χ0v) is 10.0. The molecule has 0 bridgehead atoms. The fourth-order valence-corrected chi connectivity index (χ4v) is 1.40. The number of nitrogens with zero attached hydrogens (tertiary/aromatic N) is 3. The average Bonchev–Trinajstić information content (AvgIpc) is 2.42. The molecular formula is C12H9ClN4O. The molecule has 0 fully saturated rings. The van der Waals surface area contributed by atoms with Crippen molar-refractivity contribution in [3.8, 4) is 0 Å². The summed E-state index contributed by atoms with van der Waals surface area (Å²) in [5.41, 5.74) is 3.27. The van der Waals surface area contributed by atoms with Gasteiger partial charge in [-0.05, 0) is 6.07 Å². The van der Waals surface area contributed by atoms with Gasteiger partial charge in [-0.15, -0.1) is 0 Å². The minimum atomic E-state index is -0.425. The number of hydrogen-bond donors (Lipinski definition) is 1. The van der Waals surface area contributed by atoms with Crippen LogP contribution >= 0.6 is 11.6 Å². The van der Waals surface area contributed by atoms with Gasteiger partial charge in [0, 0.05) is 23.0 Å². The molecule has 2 aromatic rings. The first-order valence-electron chi connectivity index (χ1n) is 5.11. The topological polar surface area (TPSA) is 67.2 Å². The number of aromatic nitrogens is 2. The Morgan fingerprint density at radius 3 is 2.89 bits per heavy atom. The third-order valence-corrected chi connectivity index (χ3v) is 2.41. The highest BCUT2D eigenvalue weighted by atomic mass is 35.5. The third-order valence-electron chi connectivity index (χ3n) is 2.07. The lowest BCUT2D eigenvalue weighted by atomic mass is 10.2. The van der Waals surface area contributed by atoms with Crippen molar-refractivity contribution in [2.24, 2.45) is 5.10 Å². The smallest absolute Gasteiger partial charge is 0.265 e. The minimum absolute atomic E-state index is 0.203. The highest BCUT2D eigenvalue weighted by Gasteiger charge is 2.04. The van der Waals surface area contributed by atoms with Gasteiger partial charge in [-0.1, -0.05) is 29.8 Å². The van der Waals surface area contributed by atoms with Gasteiger partial charge in [-0.2, -0.15) is 5.10 Å².